The summed E-state index contributed by atoms with van der Waals surface area (Å²) in [6, 6.07) is 9.08. The van der Waals surface area contributed by atoms with Gasteiger partial charge in [0.05, 0.1) is 5.52 Å². The molecule has 1 unspecified atom stereocenters. The molecule has 0 amide bonds. The highest BCUT2D eigenvalue weighted by Crippen LogP contribution is 2.14. The van der Waals surface area contributed by atoms with Crippen LogP contribution in [-0.4, -0.2) is 15.9 Å². The summed E-state index contributed by atoms with van der Waals surface area (Å²) in [5.41, 5.74) is 1.84. The first-order valence-corrected chi connectivity index (χ1v) is 5.14. The van der Waals surface area contributed by atoms with Crippen LogP contribution >= 0.6 is 0 Å². The van der Waals surface area contributed by atoms with E-state index in [4.69, 9.17) is 0 Å². The van der Waals surface area contributed by atoms with Gasteiger partial charge < -0.3 is 0 Å². The molecule has 16 heavy (non-hydrogen) atoms. The molecule has 4 heteroatoms. The van der Waals surface area contributed by atoms with E-state index in [0.29, 0.717) is 6.42 Å². The van der Waals surface area contributed by atoms with Crippen LogP contribution in [0.2, 0.25) is 0 Å². The Bertz CT molecular complexity index is 525. The quantitative estimate of drug-likeness (QED) is 0.585. The van der Waals surface area contributed by atoms with Gasteiger partial charge in [0.15, 0.2) is 0 Å². The van der Waals surface area contributed by atoms with Gasteiger partial charge in [0.2, 0.25) is 6.04 Å². The number of aromatic nitrogens is 1. The van der Waals surface area contributed by atoms with E-state index in [1.807, 2.05) is 30.3 Å². The molecule has 0 spiro atoms. The highest BCUT2D eigenvalue weighted by atomic mass is 16.6. The Morgan fingerprint density at radius 1 is 1.44 bits per heavy atom. The zero-order chi connectivity index (χ0) is 11.5. The van der Waals surface area contributed by atoms with Gasteiger partial charge in [-0.05, 0) is 17.7 Å². The van der Waals surface area contributed by atoms with Gasteiger partial charge in [-0.3, -0.25) is 15.1 Å². The molecule has 0 radical (unpaired) electrons. The first kappa shape index (κ1) is 10.5. The molecule has 0 N–H and O–H groups in total. The second kappa shape index (κ2) is 4.26. The van der Waals surface area contributed by atoms with Crippen LogP contribution in [0.25, 0.3) is 10.9 Å². The fourth-order valence-electron chi connectivity index (χ4n) is 1.65. The number of hydrogen-bond donors (Lipinski definition) is 0. The average Bonchev–Trinajstić information content (AvgIpc) is 2.28. The van der Waals surface area contributed by atoms with Crippen molar-refractivity contribution in [1.29, 1.82) is 0 Å². The Labute approximate surface area is 93.1 Å². The molecule has 1 atom stereocenters. The van der Waals surface area contributed by atoms with Crippen LogP contribution in [0, 0.1) is 10.1 Å². The van der Waals surface area contributed by atoms with Crippen molar-refractivity contribution in [2.24, 2.45) is 0 Å². The van der Waals surface area contributed by atoms with Crippen molar-refractivity contribution in [2.75, 3.05) is 0 Å². The van der Waals surface area contributed by atoms with Gasteiger partial charge >= 0.3 is 0 Å². The highest BCUT2D eigenvalue weighted by Gasteiger charge is 2.13. The number of fused-ring (bicyclic) bond motifs is 1. The van der Waals surface area contributed by atoms with E-state index < -0.39 is 6.04 Å². The van der Waals surface area contributed by atoms with Gasteiger partial charge in [-0.15, -0.1) is 0 Å². The lowest BCUT2D eigenvalue weighted by atomic mass is 10.1. The Balaban J connectivity index is 2.29. The summed E-state index contributed by atoms with van der Waals surface area (Å²) >= 11 is 0. The van der Waals surface area contributed by atoms with Crippen LogP contribution in [0.1, 0.15) is 12.5 Å². The summed E-state index contributed by atoms with van der Waals surface area (Å²) in [6.07, 6.45) is 2.17. The van der Waals surface area contributed by atoms with Crippen molar-refractivity contribution < 1.29 is 4.92 Å². The van der Waals surface area contributed by atoms with Crippen LogP contribution in [-0.2, 0) is 6.42 Å². The Morgan fingerprint density at radius 3 is 3.00 bits per heavy atom. The Morgan fingerprint density at radius 2 is 2.25 bits per heavy atom. The number of pyridine rings is 1. The van der Waals surface area contributed by atoms with Crippen molar-refractivity contribution in [3.8, 4) is 0 Å². The van der Waals surface area contributed by atoms with Gasteiger partial charge in [0.25, 0.3) is 0 Å². The topological polar surface area (TPSA) is 56.0 Å². The highest BCUT2D eigenvalue weighted by molar-refractivity contribution is 5.78. The first-order chi connectivity index (χ1) is 7.66. The van der Waals surface area contributed by atoms with Gasteiger partial charge in [-0.2, -0.15) is 0 Å². The minimum Gasteiger partial charge on any atom is -0.264 e. The fraction of sp³-hybridized carbons (Fsp3) is 0.250. The molecule has 0 saturated heterocycles. The molecule has 2 aromatic rings. The van der Waals surface area contributed by atoms with Gasteiger partial charge in [0.1, 0.15) is 0 Å². The number of hydrogen-bond acceptors (Lipinski definition) is 3. The standard InChI is InChI=1S/C12H12N2O2/c1-9(14(15)16)7-10-4-5-11-3-2-6-13-12(11)8-10/h2-6,8-9H,7H2,1H3. The van der Waals surface area contributed by atoms with Crippen LogP contribution in [0.3, 0.4) is 0 Å². The van der Waals surface area contributed by atoms with Crippen LogP contribution in [0.15, 0.2) is 36.5 Å². The van der Waals surface area contributed by atoms with Crippen molar-refractivity contribution in [3.63, 3.8) is 0 Å². The Hall–Kier alpha value is -1.97. The molecule has 0 aliphatic heterocycles. The summed E-state index contributed by atoms with van der Waals surface area (Å²) in [4.78, 5) is 14.5. The van der Waals surface area contributed by atoms with Gasteiger partial charge in [0, 0.05) is 29.9 Å². The molecule has 1 aromatic heterocycles. The molecular weight excluding hydrogens is 204 g/mol. The number of rotatable bonds is 3. The summed E-state index contributed by atoms with van der Waals surface area (Å²) < 4.78 is 0. The van der Waals surface area contributed by atoms with Crippen LogP contribution in [0.5, 0.6) is 0 Å². The summed E-state index contributed by atoms with van der Waals surface area (Å²) in [5.74, 6) is 0. The maximum absolute atomic E-state index is 10.6. The zero-order valence-electron chi connectivity index (χ0n) is 8.96. The molecule has 1 aromatic carbocycles. The monoisotopic (exact) mass is 216 g/mol. The van der Waals surface area contributed by atoms with E-state index in [1.165, 1.54) is 0 Å². The predicted molar refractivity (Wildman–Crippen MR) is 61.9 cm³/mol. The maximum atomic E-state index is 10.6. The van der Waals surface area contributed by atoms with E-state index in [9.17, 15) is 10.1 Å². The summed E-state index contributed by atoms with van der Waals surface area (Å²) in [5, 5.41) is 11.6. The van der Waals surface area contributed by atoms with E-state index in [-0.39, 0.29) is 4.92 Å². The number of nitrogens with zero attached hydrogens (tertiary/aromatic N) is 2. The third-order valence-electron chi connectivity index (χ3n) is 2.56. The summed E-state index contributed by atoms with van der Waals surface area (Å²) in [6.45, 7) is 1.61. The lowest BCUT2D eigenvalue weighted by molar-refractivity contribution is -0.517. The van der Waals surface area contributed by atoms with Crippen molar-refractivity contribution >= 4 is 10.9 Å². The predicted octanol–water partition coefficient (Wildman–Crippen LogP) is 2.44. The lowest BCUT2D eigenvalue weighted by Crippen LogP contribution is -2.17. The smallest absolute Gasteiger partial charge is 0.214 e. The maximum Gasteiger partial charge on any atom is 0.214 e. The zero-order valence-corrected chi connectivity index (χ0v) is 8.96. The molecule has 0 saturated carbocycles. The largest absolute Gasteiger partial charge is 0.264 e. The minimum absolute atomic E-state index is 0.261. The van der Waals surface area contributed by atoms with Gasteiger partial charge in [-0.25, -0.2) is 0 Å². The van der Waals surface area contributed by atoms with Crippen molar-refractivity contribution in [3.05, 3.63) is 52.2 Å². The van der Waals surface area contributed by atoms with E-state index in [2.05, 4.69) is 4.98 Å². The van der Waals surface area contributed by atoms with Crippen LogP contribution < -0.4 is 0 Å². The Kier molecular flexibility index (Phi) is 2.81. The van der Waals surface area contributed by atoms with E-state index >= 15 is 0 Å². The SMILES string of the molecule is CC(Cc1ccc2cccnc2c1)[N+](=O)[O-]. The molecule has 0 aliphatic carbocycles. The molecule has 1 heterocycles. The number of nitro groups is 1. The molecule has 82 valence electrons. The lowest BCUT2D eigenvalue weighted by Gasteiger charge is -2.04. The summed E-state index contributed by atoms with van der Waals surface area (Å²) in [7, 11) is 0. The van der Waals surface area contributed by atoms with E-state index in [0.717, 1.165) is 16.5 Å². The molecule has 0 bridgehead atoms. The molecular formula is C12H12N2O2. The third-order valence-corrected chi connectivity index (χ3v) is 2.56. The third kappa shape index (κ3) is 2.16. The fourth-order valence-corrected chi connectivity index (χ4v) is 1.65. The molecule has 2 rings (SSSR count). The first-order valence-electron chi connectivity index (χ1n) is 5.14. The number of benzene rings is 1. The normalized spacial score (nSPS) is 12.6. The second-order valence-electron chi connectivity index (χ2n) is 3.87. The van der Waals surface area contributed by atoms with Gasteiger partial charge in [-0.1, -0.05) is 18.2 Å². The average molecular weight is 216 g/mol. The molecule has 4 nitrogen and oxygen atoms in total. The van der Waals surface area contributed by atoms with Crippen LogP contribution in [0.4, 0.5) is 0 Å². The van der Waals surface area contributed by atoms with Crippen molar-refractivity contribution in [1.82, 2.24) is 4.98 Å². The second-order valence-corrected chi connectivity index (χ2v) is 3.87. The molecule has 0 fully saturated rings. The minimum atomic E-state index is -0.554. The molecule has 0 aliphatic rings. The van der Waals surface area contributed by atoms with Crippen molar-refractivity contribution in [2.45, 2.75) is 19.4 Å². The van der Waals surface area contributed by atoms with E-state index in [1.54, 1.807) is 13.1 Å².